The summed E-state index contributed by atoms with van der Waals surface area (Å²) in [5.41, 5.74) is -0.485. The van der Waals surface area contributed by atoms with Gasteiger partial charge in [0.25, 0.3) is 0 Å². The van der Waals surface area contributed by atoms with Crippen LogP contribution < -0.4 is 0 Å². The average Bonchev–Trinajstić information content (AvgIpc) is 2.51. The zero-order chi connectivity index (χ0) is 13.2. The molecule has 1 fully saturated rings. The third-order valence-electron chi connectivity index (χ3n) is 3.20. The van der Waals surface area contributed by atoms with E-state index in [1.54, 1.807) is 4.90 Å². The SMILES string of the molecule is CC[C@H]1CC(O)[C@@H](CC)N1C(=O)OC(C)(C)C. The van der Waals surface area contributed by atoms with Gasteiger partial charge < -0.3 is 9.84 Å². The lowest BCUT2D eigenvalue weighted by molar-refractivity contribution is 0.00792. The maximum Gasteiger partial charge on any atom is 0.410 e. The van der Waals surface area contributed by atoms with Crippen molar-refractivity contribution in [3.8, 4) is 0 Å². The molecule has 0 bridgehead atoms. The number of carbonyl (C=O) groups excluding carboxylic acids is 1. The molecule has 0 saturated carbocycles. The van der Waals surface area contributed by atoms with Crippen LogP contribution in [0.5, 0.6) is 0 Å². The molecule has 1 aliphatic rings. The molecule has 1 saturated heterocycles. The van der Waals surface area contributed by atoms with Gasteiger partial charge >= 0.3 is 6.09 Å². The molecule has 17 heavy (non-hydrogen) atoms. The van der Waals surface area contributed by atoms with Crippen molar-refractivity contribution in [2.24, 2.45) is 0 Å². The molecule has 3 atom stereocenters. The highest BCUT2D eigenvalue weighted by Crippen LogP contribution is 2.30. The second-order valence-corrected chi connectivity index (χ2v) is 5.73. The molecule has 1 rings (SSSR count). The summed E-state index contributed by atoms with van der Waals surface area (Å²) < 4.78 is 5.41. The van der Waals surface area contributed by atoms with Gasteiger partial charge in [0.05, 0.1) is 12.1 Å². The summed E-state index contributed by atoms with van der Waals surface area (Å²) >= 11 is 0. The first-order valence-corrected chi connectivity index (χ1v) is 6.49. The lowest BCUT2D eigenvalue weighted by atomic mass is 10.1. The Bertz CT molecular complexity index is 272. The van der Waals surface area contributed by atoms with Gasteiger partial charge in [-0.25, -0.2) is 4.79 Å². The van der Waals surface area contributed by atoms with Gasteiger partial charge in [0.15, 0.2) is 0 Å². The Morgan fingerprint density at radius 2 is 1.94 bits per heavy atom. The molecule has 0 aromatic heterocycles. The number of aliphatic hydroxyl groups is 1. The topological polar surface area (TPSA) is 49.8 Å². The zero-order valence-electron chi connectivity index (χ0n) is 11.6. The minimum atomic E-state index is -0.485. The standard InChI is InChI=1S/C13H25NO3/c1-6-9-8-11(15)10(7-2)14(9)12(16)17-13(3,4)5/h9-11,15H,6-8H2,1-5H3/t9-,10+,11?/m0/s1. The van der Waals surface area contributed by atoms with Crippen LogP contribution in [-0.4, -0.2) is 39.9 Å². The predicted octanol–water partition coefficient (Wildman–Crippen LogP) is 2.55. The minimum absolute atomic E-state index is 0.102. The number of carbonyl (C=O) groups is 1. The van der Waals surface area contributed by atoms with Gasteiger partial charge in [0.2, 0.25) is 0 Å². The molecule has 0 spiro atoms. The van der Waals surface area contributed by atoms with Crippen LogP contribution in [0.25, 0.3) is 0 Å². The lowest BCUT2D eigenvalue weighted by Gasteiger charge is -2.32. The van der Waals surface area contributed by atoms with Crippen LogP contribution >= 0.6 is 0 Å². The first-order valence-electron chi connectivity index (χ1n) is 6.49. The van der Waals surface area contributed by atoms with Crippen LogP contribution in [0.1, 0.15) is 53.9 Å². The highest BCUT2D eigenvalue weighted by molar-refractivity contribution is 5.69. The van der Waals surface area contributed by atoms with E-state index in [0.29, 0.717) is 6.42 Å². The van der Waals surface area contributed by atoms with Crippen molar-refractivity contribution in [1.82, 2.24) is 4.90 Å². The minimum Gasteiger partial charge on any atom is -0.444 e. The summed E-state index contributed by atoms with van der Waals surface area (Å²) in [7, 11) is 0. The van der Waals surface area contributed by atoms with Gasteiger partial charge in [-0.2, -0.15) is 0 Å². The fraction of sp³-hybridized carbons (Fsp3) is 0.923. The van der Waals surface area contributed by atoms with Gasteiger partial charge in [-0.1, -0.05) is 13.8 Å². The molecular weight excluding hydrogens is 218 g/mol. The molecule has 0 aromatic carbocycles. The summed E-state index contributed by atoms with van der Waals surface area (Å²) in [4.78, 5) is 13.9. The van der Waals surface area contributed by atoms with Crippen LogP contribution in [0, 0.1) is 0 Å². The molecule has 4 heteroatoms. The van der Waals surface area contributed by atoms with Crippen molar-refractivity contribution in [2.45, 2.75) is 77.7 Å². The van der Waals surface area contributed by atoms with Gasteiger partial charge in [-0.15, -0.1) is 0 Å². The number of amides is 1. The number of nitrogens with zero attached hydrogens (tertiary/aromatic N) is 1. The number of hydrogen-bond acceptors (Lipinski definition) is 3. The Hall–Kier alpha value is -0.770. The Kier molecular flexibility index (Phi) is 4.42. The van der Waals surface area contributed by atoms with Crippen LogP contribution in [0.3, 0.4) is 0 Å². The third-order valence-corrected chi connectivity index (χ3v) is 3.20. The molecule has 0 radical (unpaired) electrons. The smallest absolute Gasteiger partial charge is 0.410 e. The second-order valence-electron chi connectivity index (χ2n) is 5.73. The van der Waals surface area contributed by atoms with E-state index in [1.807, 2.05) is 34.6 Å². The van der Waals surface area contributed by atoms with E-state index in [4.69, 9.17) is 4.74 Å². The maximum absolute atomic E-state index is 12.1. The molecular formula is C13H25NO3. The van der Waals surface area contributed by atoms with Gasteiger partial charge in [-0.3, -0.25) is 4.90 Å². The van der Waals surface area contributed by atoms with Gasteiger partial charge in [0, 0.05) is 6.04 Å². The molecule has 0 aromatic rings. The molecule has 1 amide bonds. The second kappa shape index (κ2) is 5.25. The van der Waals surface area contributed by atoms with E-state index in [9.17, 15) is 9.90 Å². The van der Waals surface area contributed by atoms with E-state index in [1.165, 1.54) is 0 Å². The van der Waals surface area contributed by atoms with Crippen molar-refractivity contribution >= 4 is 6.09 Å². The Balaban J connectivity index is 2.80. The largest absolute Gasteiger partial charge is 0.444 e. The maximum atomic E-state index is 12.1. The summed E-state index contributed by atoms with van der Waals surface area (Å²) in [5.74, 6) is 0. The Labute approximate surface area is 104 Å². The average molecular weight is 243 g/mol. The molecule has 1 heterocycles. The number of ether oxygens (including phenoxy) is 1. The quantitative estimate of drug-likeness (QED) is 0.811. The number of hydrogen-bond donors (Lipinski definition) is 1. The summed E-state index contributed by atoms with van der Waals surface area (Å²) in [5, 5.41) is 9.96. The van der Waals surface area contributed by atoms with Crippen molar-refractivity contribution in [3.05, 3.63) is 0 Å². The predicted molar refractivity (Wildman–Crippen MR) is 66.9 cm³/mol. The molecule has 100 valence electrons. The number of rotatable bonds is 2. The summed E-state index contributed by atoms with van der Waals surface area (Å²) in [6.07, 6.45) is 1.56. The van der Waals surface area contributed by atoms with Gasteiger partial charge in [0.1, 0.15) is 5.60 Å². The van der Waals surface area contributed by atoms with Crippen LogP contribution in [0.4, 0.5) is 4.79 Å². The van der Waals surface area contributed by atoms with Crippen molar-refractivity contribution < 1.29 is 14.6 Å². The molecule has 4 nitrogen and oxygen atoms in total. The van der Waals surface area contributed by atoms with E-state index in [2.05, 4.69) is 0 Å². The molecule has 1 N–H and O–H groups in total. The first-order chi connectivity index (χ1) is 7.80. The van der Waals surface area contributed by atoms with Crippen molar-refractivity contribution in [1.29, 1.82) is 0 Å². The Morgan fingerprint density at radius 1 is 1.35 bits per heavy atom. The van der Waals surface area contributed by atoms with E-state index >= 15 is 0 Å². The van der Waals surface area contributed by atoms with Crippen LogP contribution in [-0.2, 0) is 4.74 Å². The van der Waals surface area contributed by atoms with Crippen LogP contribution in [0.15, 0.2) is 0 Å². The van der Waals surface area contributed by atoms with E-state index in [0.717, 1.165) is 12.8 Å². The lowest BCUT2D eigenvalue weighted by Crippen LogP contribution is -2.45. The highest BCUT2D eigenvalue weighted by atomic mass is 16.6. The van der Waals surface area contributed by atoms with Crippen molar-refractivity contribution in [2.75, 3.05) is 0 Å². The monoisotopic (exact) mass is 243 g/mol. The van der Waals surface area contributed by atoms with E-state index < -0.39 is 11.7 Å². The molecule has 1 unspecified atom stereocenters. The van der Waals surface area contributed by atoms with Gasteiger partial charge in [-0.05, 0) is 40.0 Å². The van der Waals surface area contributed by atoms with Crippen LogP contribution in [0.2, 0.25) is 0 Å². The zero-order valence-corrected chi connectivity index (χ0v) is 11.6. The first kappa shape index (κ1) is 14.3. The molecule has 1 aliphatic heterocycles. The third kappa shape index (κ3) is 3.35. The fourth-order valence-electron chi connectivity index (χ4n) is 2.44. The summed E-state index contributed by atoms with van der Waals surface area (Å²) in [6.45, 7) is 9.61. The number of aliphatic hydroxyl groups excluding tert-OH is 1. The normalized spacial score (nSPS) is 29.5. The summed E-state index contributed by atoms with van der Waals surface area (Å²) in [6, 6.07) is -0.000370. The number of likely N-dealkylation sites (tertiary alicyclic amines) is 1. The van der Waals surface area contributed by atoms with E-state index in [-0.39, 0.29) is 18.2 Å². The Morgan fingerprint density at radius 3 is 2.35 bits per heavy atom. The fourth-order valence-corrected chi connectivity index (χ4v) is 2.44. The van der Waals surface area contributed by atoms with Crippen molar-refractivity contribution in [3.63, 3.8) is 0 Å². The highest BCUT2D eigenvalue weighted by Gasteiger charge is 2.42. The molecule has 0 aliphatic carbocycles.